The molecule has 5 rings (SSSR count). The highest BCUT2D eigenvalue weighted by Crippen LogP contribution is 2.37. The van der Waals surface area contributed by atoms with E-state index in [4.69, 9.17) is 9.72 Å². The molecule has 164 valence electrons. The van der Waals surface area contributed by atoms with Crippen LogP contribution in [0.25, 0.3) is 27.8 Å². The van der Waals surface area contributed by atoms with Gasteiger partial charge in [-0.05, 0) is 49.2 Å². The molecule has 3 aromatic carbocycles. The van der Waals surface area contributed by atoms with Crippen molar-refractivity contribution >= 4 is 22.8 Å². The molecule has 0 amide bonds. The summed E-state index contributed by atoms with van der Waals surface area (Å²) < 4.78 is 7.76. The highest BCUT2D eigenvalue weighted by molar-refractivity contribution is 7.98. The highest BCUT2D eigenvalue weighted by Gasteiger charge is 2.17. The van der Waals surface area contributed by atoms with Crippen molar-refractivity contribution in [3.63, 3.8) is 0 Å². The lowest BCUT2D eigenvalue weighted by molar-refractivity contribution is 0.340. The van der Waals surface area contributed by atoms with Crippen molar-refractivity contribution in [2.45, 2.75) is 24.6 Å². The number of aromatic nitrogens is 3. The van der Waals surface area contributed by atoms with Crippen LogP contribution in [0.2, 0.25) is 0 Å². The van der Waals surface area contributed by atoms with E-state index in [9.17, 15) is 0 Å². The molecule has 2 heterocycles. The lowest BCUT2D eigenvalue weighted by Gasteiger charge is -2.08. The van der Waals surface area contributed by atoms with Gasteiger partial charge in [0.15, 0.2) is 0 Å². The summed E-state index contributed by atoms with van der Waals surface area (Å²) in [5.74, 6) is 1.72. The second-order valence-corrected chi connectivity index (χ2v) is 8.82. The number of thioether (sulfide) groups is 1. The molecule has 0 aliphatic carbocycles. The predicted octanol–water partition coefficient (Wildman–Crippen LogP) is 7.09. The molecule has 0 spiro atoms. The summed E-state index contributed by atoms with van der Waals surface area (Å²) in [6.45, 7) is 4.76. The Morgan fingerprint density at radius 1 is 0.879 bits per heavy atom. The molecule has 0 aliphatic heterocycles. The van der Waals surface area contributed by atoms with Gasteiger partial charge in [-0.25, -0.2) is 9.97 Å². The minimum atomic E-state index is 0.652. The topological polar surface area (TPSA) is 39.9 Å². The summed E-state index contributed by atoms with van der Waals surface area (Å²) in [5, 5.41) is 2.07. The maximum absolute atomic E-state index is 5.62. The van der Waals surface area contributed by atoms with E-state index in [2.05, 4.69) is 83.3 Å². The van der Waals surface area contributed by atoms with Crippen molar-refractivity contribution in [2.75, 3.05) is 6.61 Å². The second-order valence-electron chi connectivity index (χ2n) is 7.86. The van der Waals surface area contributed by atoms with Crippen LogP contribution in [0.1, 0.15) is 18.1 Å². The van der Waals surface area contributed by atoms with Gasteiger partial charge in [-0.3, -0.25) is 0 Å². The quantitative estimate of drug-likeness (QED) is 0.196. The minimum Gasteiger partial charge on any atom is -0.494 e. The van der Waals surface area contributed by atoms with Crippen molar-refractivity contribution in [3.05, 3.63) is 103 Å². The van der Waals surface area contributed by atoms with Crippen LogP contribution >= 0.6 is 11.8 Å². The molecule has 5 heteroatoms. The van der Waals surface area contributed by atoms with E-state index in [0.29, 0.717) is 6.61 Å². The molecule has 0 atom stereocenters. The zero-order valence-corrected chi connectivity index (χ0v) is 19.5. The van der Waals surface area contributed by atoms with Crippen LogP contribution in [-0.4, -0.2) is 21.1 Å². The average molecular weight is 452 g/mol. The van der Waals surface area contributed by atoms with Crippen LogP contribution in [0.4, 0.5) is 0 Å². The molecular weight excluding hydrogens is 426 g/mol. The van der Waals surface area contributed by atoms with Crippen molar-refractivity contribution in [1.82, 2.24) is 14.5 Å². The minimum absolute atomic E-state index is 0.652. The number of aryl methyl sites for hydroxylation is 1. The molecule has 0 saturated carbocycles. The Balaban J connectivity index is 1.60. The standard InChI is InChI=1S/C28H25N3OS/c1-3-32-24-15-13-23(14-16-24)31-17-25(22-7-5-4-6-8-22)26-27(31)29-19-30-28(26)33-18-21-11-9-20(2)10-12-21/h4-17,19H,3,18H2,1-2H3. The molecule has 0 radical (unpaired) electrons. The first-order valence-corrected chi connectivity index (χ1v) is 12.0. The molecule has 4 nitrogen and oxygen atoms in total. The summed E-state index contributed by atoms with van der Waals surface area (Å²) in [6.07, 6.45) is 3.83. The molecular formula is C28H25N3OS. The third-order valence-electron chi connectivity index (χ3n) is 5.56. The van der Waals surface area contributed by atoms with Crippen molar-refractivity contribution in [2.24, 2.45) is 0 Å². The fourth-order valence-electron chi connectivity index (χ4n) is 3.88. The molecule has 0 unspecified atom stereocenters. The number of fused-ring (bicyclic) bond motifs is 1. The van der Waals surface area contributed by atoms with Gasteiger partial charge in [0.2, 0.25) is 0 Å². The lowest BCUT2D eigenvalue weighted by atomic mass is 10.1. The Morgan fingerprint density at radius 2 is 1.64 bits per heavy atom. The maximum Gasteiger partial charge on any atom is 0.149 e. The fraction of sp³-hybridized carbons (Fsp3) is 0.143. The van der Waals surface area contributed by atoms with Gasteiger partial charge in [0.1, 0.15) is 22.7 Å². The molecule has 33 heavy (non-hydrogen) atoms. The van der Waals surface area contributed by atoms with Gasteiger partial charge in [-0.1, -0.05) is 60.2 Å². The third kappa shape index (κ3) is 4.50. The van der Waals surface area contributed by atoms with Gasteiger partial charge in [0.25, 0.3) is 0 Å². The van der Waals surface area contributed by atoms with E-state index < -0.39 is 0 Å². The number of rotatable bonds is 7. The van der Waals surface area contributed by atoms with Crippen molar-refractivity contribution in [1.29, 1.82) is 0 Å². The summed E-state index contributed by atoms with van der Waals surface area (Å²) in [4.78, 5) is 9.39. The van der Waals surface area contributed by atoms with Gasteiger partial charge < -0.3 is 9.30 Å². The Kier molecular flexibility index (Phi) is 6.13. The van der Waals surface area contributed by atoms with E-state index in [1.54, 1.807) is 18.1 Å². The Labute approximate surface area is 198 Å². The van der Waals surface area contributed by atoms with Gasteiger partial charge in [0.05, 0.1) is 12.0 Å². The van der Waals surface area contributed by atoms with Crippen LogP contribution in [0.5, 0.6) is 5.75 Å². The van der Waals surface area contributed by atoms with E-state index in [-0.39, 0.29) is 0 Å². The largest absolute Gasteiger partial charge is 0.494 e. The molecule has 0 N–H and O–H groups in total. The summed E-state index contributed by atoms with van der Waals surface area (Å²) in [5.41, 5.74) is 6.78. The van der Waals surface area contributed by atoms with Gasteiger partial charge >= 0.3 is 0 Å². The van der Waals surface area contributed by atoms with Gasteiger partial charge in [-0.15, -0.1) is 11.8 Å². The number of hydrogen-bond donors (Lipinski definition) is 0. The maximum atomic E-state index is 5.62. The molecule has 0 saturated heterocycles. The fourth-order valence-corrected chi connectivity index (χ4v) is 4.85. The first-order chi connectivity index (χ1) is 16.2. The van der Waals surface area contributed by atoms with Crippen LogP contribution < -0.4 is 4.74 Å². The molecule has 2 aromatic heterocycles. The number of benzene rings is 3. The molecule has 0 bridgehead atoms. The third-order valence-corrected chi connectivity index (χ3v) is 6.62. The Hall–Kier alpha value is -3.57. The van der Waals surface area contributed by atoms with E-state index in [1.165, 1.54) is 11.1 Å². The number of nitrogens with zero attached hydrogens (tertiary/aromatic N) is 3. The normalized spacial score (nSPS) is 11.1. The van der Waals surface area contributed by atoms with Crippen LogP contribution in [-0.2, 0) is 5.75 Å². The Morgan fingerprint density at radius 3 is 2.36 bits per heavy atom. The van der Waals surface area contributed by atoms with Gasteiger partial charge in [0, 0.05) is 23.2 Å². The van der Waals surface area contributed by atoms with Crippen LogP contribution in [0, 0.1) is 6.92 Å². The smallest absolute Gasteiger partial charge is 0.149 e. The zero-order valence-electron chi connectivity index (χ0n) is 18.7. The van der Waals surface area contributed by atoms with Crippen LogP contribution in [0.3, 0.4) is 0 Å². The highest BCUT2D eigenvalue weighted by atomic mass is 32.2. The van der Waals surface area contributed by atoms with E-state index in [0.717, 1.165) is 44.4 Å². The van der Waals surface area contributed by atoms with E-state index in [1.807, 2.05) is 25.1 Å². The van der Waals surface area contributed by atoms with Crippen molar-refractivity contribution in [3.8, 4) is 22.6 Å². The second kappa shape index (κ2) is 9.51. The van der Waals surface area contributed by atoms with Crippen LogP contribution in [0.15, 0.2) is 96.4 Å². The monoisotopic (exact) mass is 451 g/mol. The zero-order chi connectivity index (χ0) is 22.6. The van der Waals surface area contributed by atoms with E-state index >= 15 is 0 Å². The summed E-state index contributed by atoms with van der Waals surface area (Å²) in [7, 11) is 0. The first-order valence-electron chi connectivity index (χ1n) is 11.1. The SMILES string of the molecule is CCOc1ccc(-n2cc(-c3ccccc3)c3c(SCc4ccc(C)cc4)ncnc32)cc1. The first kappa shape index (κ1) is 21.3. The Bertz CT molecular complexity index is 1360. The molecule has 0 aliphatic rings. The van der Waals surface area contributed by atoms with Gasteiger partial charge in [-0.2, -0.15) is 0 Å². The molecule has 0 fully saturated rings. The predicted molar refractivity (Wildman–Crippen MR) is 136 cm³/mol. The summed E-state index contributed by atoms with van der Waals surface area (Å²) >= 11 is 1.75. The number of hydrogen-bond acceptors (Lipinski definition) is 4. The summed E-state index contributed by atoms with van der Waals surface area (Å²) in [6, 6.07) is 27.3. The average Bonchev–Trinajstić information content (AvgIpc) is 3.25. The molecule has 5 aromatic rings. The van der Waals surface area contributed by atoms with Crippen molar-refractivity contribution < 1.29 is 4.74 Å². The number of ether oxygens (including phenoxy) is 1. The lowest BCUT2D eigenvalue weighted by Crippen LogP contribution is -1.96.